The summed E-state index contributed by atoms with van der Waals surface area (Å²) in [5.41, 5.74) is 13.5. The van der Waals surface area contributed by atoms with Crippen LogP contribution in [0.15, 0.2) is 30.3 Å². The van der Waals surface area contributed by atoms with E-state index in [1.807, 2.05) is 11.8 Å². The van der Waals surface area contributed by atoms with Gasteiger partial charge in [0.2, 0.25) is 47.3 Å². The predicted molar refractivity (Wildman–Crippen MR) is 249 cm³/mol. The molecule has 0 spiro atoms. The molecule has 1 aromatic rings. The number of amides is 10. The number of carbonyl (C=O) groups is 9. The Hall–Kier alpha value is -5.48. The van der Waals surface area contributed by atoms with Crippen LogP contribution in [0.5, 0.6) is 0 Å². The molecule has 0 aromatic heterocycles. The molecule has 22 heteroatoms. The molecule has 3 fully saturated rings. The second kappa shape index (κ2) is 29.3. The van der Waals surface area contributed by atoms with Crippen molar-refractivity contribution in [2.45, 2.75) is 145 Å². The minimum absolute atomic E-state index is 0.0714. The van der Waals surface area contributed by atoms with Crippen molar-refractivity contribution < 1.29 is 48.4 Å². The van der Waals surface area contributed by atoms with Gasteiger partial charge in [-0.2, -0.15) is 11.8 Å². The SMILES string of the molecule is NCCCC[C@H](NC(=O)[C@H](Cc1ccccc1)NC(=O)C(CC(=O)NO)CC1CCCC1)C(=O)NCC(=O)NCC(=O)N[C@@H](CCCCNC(=O)CCCC[C@@H]1SC[C@@H]2NC(=O)N[C@@H]21)C(N)=O. The third-order valence-corrected chi connectivity index (χ3v) is 13.9. The second-order valence-electron chi connectivity index (χ2n) is 17.6. The standard InChI is InChI=1S/C45H71N11O10S/c46-20-10-8-17-32(52-44(64)33(23-29-12-2-1-3-13-29)53-42(62)30(24-37(58)56-66)22-28-14-4-5-15-28)43(63)50-25-38(59)49-26-39(60)51-31(41(47)61)16-9-11-21-48-36(57)19-7-6-18-35-40-34(27-67-35)54-45(65)55-40/h1-3,12-13,28,30-35,40,66H,4-11,14-27,46H2,(H2,47,61)(H,48,57)(H,49,59)(H,50,63)(H,51,60)(H,52,64)(H,53,62)(H,56,58)(H2,54,55,65)/t30?,31-,32-,33-,34-,35-,40-/m0/s1. The van der Waals surface area contributed by atoms with Gasteiger partial charge in [-0.1, -0.05) is 62.4 Å². The summed E-state index contributed by atoms with van der Waals surface area (Å²) in [6.07, 6.45) is 9.35. The fourth-order valence-electron chi connectivity index (χ4n) is 8.71. The minimum atomic E-state index is -1.14. The Morgan fingerprint density at radius 3 is 2.15 bits per heavy atom. The molecule has 2 saturated heterocycles. The van der Waals surface area contributed by atoms with Gasteiger partial charge in [0, 0.05) is 42.7 Å². The topological polar surface area (TPSA) is 334 Å². The van der Waals surface area contributed by atoms with E-state index in [0.29, 0.717) is 56.9 Å². The third kappa shape index (κ3) is 19.7. The van der Waals surface area contributed by atoms with E-state index in [-0.39, 0.29) is 55.6 Å². The summed E-state index contributed by atoms with van der Waals surface area (Å²) in [6, 6.07) is 5.86. The fraction of sp³-hybridized carbons (Fsp3) is 0.667. The molecule has 0 bridgehead atoms. The minimum Gasteiger partial charge on any atom is -0.368 e. The van der Waals surface area contributed by atoms with Gasteiger partial charge in [-0.05, 0) is 75.8 Å². The molecule has 1 unspecified atom stereocenters. The fourth-order valence-corrected chi connectivity index (χ4v) is 10.3. The second-order valence-corrected chi connectivity index (χ2v) is 18.9. The highest BCUT2D eigenvalue weighted by Gasteiger charge is 2.42. The summed E-state index contributed by atoms with van der Waals surface area (Å²) < 4.78 is 0. The Morgan fingerprint density at radius 1 is 0.731 bits per heavy atom. The summed E-state index contributed by atoms with van der Waals surface area (Å²) in [5, 5.41) is 31.2. The first kappa shape index (κ1) is 54.1. The van der Waals surface area contributed by atoms with Gasteiger partial charge in [0.15, 0.2) is 0 Å². The van der Waals surface area contributed by atoms with Crippen LogP contribution < -0.4 is 59.5 Å². The molecule has 4 rings (SSSR count). The molecule has 7 atom stereocenters. The van der Waals surface area contributed by atoms with Gasteiger partial charge in [-0.15, -0.1) is 0 Å². The molecular formula is C45H71N11O10S. The highest BCUT2D eigenvalue weighted by Crippen LogP contribution is 2.33. The van der Waals surface area contributed by atoms with E-state index in [0.717, 1.165) is 56.3 Å². The number of urea groups is 1. The van der Waals surface area contributed by atoms with Crippen molar-refractivity contribution in [1.29, 1.82) is 0 Å². The van der Waals surface area contributed by atoms with Crippen molar-refractivity contribution >= 4 is 65.1 Å². The van der Waals surface area contributed by atoms with Crippen LogP contribution in [0.2, 0.25) is 0 Å². The van der Waals surface area contributed by atoms with Crippen LogP contribution in [0.25, 0.3) is 0 Å². The summed E-state index contributed by atoms with van der Waals surface area (Å²) in [6.45, 7) is -0.336. The normalized spacial score (nSPS) is 19.3. The van der Waals surface area contributed by atoms with Gasteiger partial charge in [0.05, 0.1) is 25.2 Å². The van der Waals surface area contributed by atoms with Gasteiger partial charge < -0.3 is 54.0 Å². The van der Waals surface area contributed by atoms with Crippen LogP contribution in [0.1, 0.15) is 108 Å². The zero-order valence-corrected chi connectivity index (χ0v) is 39.1. The van der Waals surface area contributed by atoms with Crippen LogP contribution in [0.3, 0.4) is 0 Å². The van der Waals surface area contributed by atoms with Crippen LogP contribution >= 0.6 is 11.8 Å². The lowest BCUT2D eigenvalue weighted by atomic mass is 9.89. The molecule has 2 aliphatic heterocycles. The van der Waals surface area contributed by atoms with Crippen LogP contribution in [0, 0.1) is 11.8 Å². The molecule has 14 N–H and O–H groups in total. The molecule has 0 radical (unpaired) electrons. The zero-order chi connectivity index (χ0) is 48.6. The largest absolute Gasteiger partial charge is 0.368 e. The number of thioether (sulfide) groups is 1. The van der Waals surface area contributed by atoms with Crippen molar-refractivity contribution in [1.82, 2.24) is 48.0 Å². The van der Waals surface area contributed by atoms with E-state index >= 15 is 0 Å². The molecule has 21 nitrogen and oxygen atoms in total. The first-order chi connectivity index (χ1) is 32.3. The number of nitrogens with two attached hydrogens (primary N) is 2. The number of unbranched alkanes of at least 4 members (excludes halogenated alkanes) is 3. The number of fused-ring (bicyclic) bond motifs is 1. The van der Waals surface area contributed by atoms with E-state index in [9.17, 15) is 48.4 Å². The Kier molecular flexibility index (Phi) is 23.7. The van der Waals surface area contributed by atoms with Crippen LogP contribution in [-0.2, 0) is 44.8 Å². The van der Waals surface area contributed by atoms with E-state index in [1.54, 1.807) is 35.8 Å². The summed E-state index contributed by atoms with van der Waals surface area (Å²) in [7, 11) is 0. The van der Waals surface area contributed by atoms with Crippen molar-refractivity contribution in [3.63, 3.8) is 0 Å². The smallest absolute Gasteiger partial charge is 0.315 e. The number of hydrogen-bond donors (Lipinski definition) is 12. The number of primary amides is 1. The maximum Gasteiger partial charge on any atom is 0.315 e. The van der Waals surface area contributed by atoms with Crippen LogP contribution in [-0.4, -0.2) is 126 Å². The molecule has 1 aromatic carbocycles. The Bertz CT molecular complexity index is 1820. The maximum absolute atomic E-state index is 13.9. The molecule has 3 aliphatic rings. The van der Waals surface area contributed by atoms with Crippen molar-refractivity contribution in [3.8, 4) is 0 Å². The number of benzene rings is 1. The third-order valence-electron chi connectivity index (χ3n) is 12.4. The molecule has 1 saturated carbocycles. The number of rotatable bonds is 31. The van der Waals surface area contributed by atoms with Crippen molar-refractivity contribution in [3.05, 3.63) is 35.9 Å². The van der Waals surface area contributed by atoms with E-state index in [4.69, 9.17) is 11.5 Å². The van der Waals surface area contributed by atoms with E-state index in [1.165, 1.54) is 0 Å². The number of carbonyl (C=O) groups excluding carboxylic acids is 9. The average molecular weight is 958 g/mol. The average Bonchev–Trinajstić information content (AvgIpc) is 4.06. The van der Waals surface area contributed by atoms with E-state index in [2.05, 4.69) is 42.5 Å². The molecular weight excluding hydrogens is 887 g/mol. The summed E-state index contributed by atoms with van der Waals surface area (Å²) >= 11 is 1.84. The van der Waals surface area contributed by atoms with Gasteiger partial charge in [-0.3, -0.25) is 43.6 Å². The lowest BCUT2D eigenvalue weighted by Crippen LogP contribution is -2.56. The molecule has 10 amide bonds. The quantitative estimate of drug-likeness (QED) is 0.0197. The van der Waals surface area contributed by atoms with Gasteiger partial charge in [-0.25, -0.2) is 10.3 Å². The number of hydrogen-bond acceptors (Lipinski definition) is 12. The van der Waals surface area contributed by atoms with Gasteiger partial charge in [0.25, 0.3) is 0 Å². The Balaban J connectivity index is 1.19. The summed E-state index contributed by atoms with van der Waals surface area (Å²) in [4.78, 5) is 115. The van der Waals surface area contributed by atoms with Crippen molar-refractivity contribution in [2.75, 3.05) is 31.9 Å². The number of nitrogens with one attached hydrogen (secondary N) is 9. The van der Waals surface area contributed by atoms with Crippen molar-refractivity contribution in [2.24, 2.45) is 23.3 Å². The first-order valence-corrected chi connectivity index (χ1v) is 24.7. The van der Waals surface area contributed by atoms with Gasteiger partial charge >= 0.3 is 6.03 Å². The lowest BCUT2D eigenvalue weighted by molar-refractivity contribution is -0.137. The molecule has 372 valence electrons. The Labute approximate surface area is 396 Å². The van der Waals surface area contributed by atoms with E-state index < -0.39 is 78.5 Å². The maximum atomic E-state index is 13.9. The molecule has 67 heavy (non-hydrogen) atoms. The number of hydroxylamine groups is 1. The highest BCUT2D eigenvalue weighted by molar-refractivity contribution is 8.00. The monoisotopic (exact) mass is 958 g/mol. The first-order valence-electron chi connectivity index (χ1n) is 23.6. The molecule has 2 heterocycles. The van der Waals surface area contributed by atoms with Gasteiger partial charge in [0.1, 0.15) is 18.1 Å². The predicted octanol–water partition coefficient (Wildman–Crippen LogP) is -0.365. The van der Waals surface area contributed by atoms with Crippen LogP contribution in [0.4, 0.5) is 4.79 Å². The lowest BCUT2D eigenvalue weighted by Gasteiger charge is -2.26. The summed E-state index contributed by atoms with van der Waals surface area (Å²) in [5.74, 6) is -4.54. The Morgan fingerprint density at radius 2 is 1.43 bits per heavy atom. The zero-order valence-electron chi connectivity index (χ0n) is 38.2. The highest BCUT2D eigenvalue weighted by atomic mass is 32.2. The molecule has 1 aliphatic carbocycles.